The Morgan fingerprint density at radius 2 is 1.93 bits per heavy atom. The summed E-state index contributed by atoms with van der Waals surface area (Å²) in [5.41, 5.74) is 1.80. The number of benzene rings is 1. The van der Waals surface area contributed by atoms with E-state index in [-0.39, 0.29) is 10.9 Å². The van der Waals surface area contributed by atoms with Crippen molar-refractivity contribution >= 4 is 9.84 Å². The Bertz CT molecular complexity index is 844. The van der Waals surface area contributed by atoms with Gasteiger partial charge in [-0.3, -0.25) is 4.90 Å². The molecule has 1 aliphatic rings. The van der Waals surface area contributed by atoms with Crippen molar-refractivity contribution in [3.05, 3.63) is 47.8 Å². The van der Waals surface area contributed by atoms with Crippen LogP contribution in [0.25, 0.3) is 0 Å². The zero-order valence-corrected chi connectivity index (χ0v) is 17.5. The molecule has 6 heteroatoms. The van der Waals surface area contributed by atoms with Crippen molar-refractivity contribution in [2.24, 2.45) is 5.92 Å². The molecule has 1 saturated heterocycles. The minimum atomic E-state index is -3.49. The van der Waals surface area contributed by atoms with Crippen molar-refractivity contribution in [1.29, 1.82) is 0 Å². The molecule has 5 nitrogen and oxygen atoms in total. The molecule has 0 saturated carbocycles. The van der Waals surface area contributed by atoms with E-state index in [1.165, 1.54) is 19.3 Å². The Morgan fingerprint density at radius 3 is 2.59 bits per heavy atom. The molecule has 1 atom stereocenters. The van der Waals surface area contributed by atoms with E-state index in [0.717, 1.165) is 24.3 Å². The molecule has 1 aromatic carbocycles. The van der Waals surface area contributed by atoms with Gasteiger partial charge < -0.3 is 4.57 Å². The first-order valence-electron chi connectivity index (χ1n) is 9.92. The summed E-state index contributed by atoms with van der Waals surface area (Å²) in [6, 6.07) is 9.87. The van der Waals surface area contributed by atoms with Gasteiger partial charge in [0.2, 0.25) is 15.0 Å². The summed E-state index contributed by atoms with van der Waals surface area (Å²) in [5, 5.41) is 0.208. The molecular weight excluding hydrogens is 358 g/mol. The number of hydrogen-bond acceptors (Lipinski definition) is 4. The predicted molar refractivity (Wildman–Crippen MR) is 108 cm³/mol. The monoisotopic (exact) mass is 389 g/mol. The fourth-order valence-electron chi connectivity index (χ4n) is 3.79. The molecule has 148 valence electrons. The van der Waals surface area contributed by atoms with Crippen LogP contribution >= 0.6 is 0 Å². The van der Waals surface area contributed by atoms with Crippen LogP contribution in [0.3, 0.4) is 0 Å². The van der Waals surface area contributed by atoms with Crippen LogP contribution < -0.4 is 0 Å². The maximum absolute atomic E-state index is 13.1. The predicted octanol–water partition coefficient (Wildman–Crippen LogP) is 3.89. The molecular formula is C21H31N3O2S. The molecule has 2 aromatic rings. The van der Waals surface area contributed by atoms with Crippen molar-refractivity contribution in [3.8, 4) is 0 Å². The summed E-state index contributed by atoms with van der Waals surface area (Å²) in [7, 11) is -3.49. The second kappa shape index (κ2) is 8.57. The molecule has 0 amide bonds. The molecule has 2 heterocycles. The average molecular weight is 390 g/mol. The minimum Gasteiger partial charge on any atom is -0.317 e. The number of likely N-dealkylation sites (tertiary alicyclic amines) is 1. The van der Waals surface area contributed by atoms with E-state index >= 15 is 0 Å². The third-order valence-electron chi connectivity index (χ3n) is 5.23. The number of aromatic nitrogens is 2. The van der Waals surface area contributed by atoms with Gasteiger partial charge in [-0.25, -0.2) is 13.4 Å². The second-order valence-electron chi connectivity index (χ2n) is 8.10. The molecule has 0 radical (unpaired) electrons. The standard InChI is InChI=1S/C21H31N3O2S/c1-17(2)14-24-20(15-23-12-8-7-9-18(23)3)13-22-21(24)27(25,26)16-19-10-5-4-6-11-19/h4-6,10-11,13,17-18H,7-9,12,14-16H2,1-3H3/t18-/m0/s1. The Morgan fingerprint density at radius 1 is 1.19 bits per heavy atom. The number of imidazole rings is 1. The van der Waals surface area contributed by atoms with Crippen LogP contribution in [0.15, 0.2) is 41.7 Å². The van der Waals surface area contributed by atoms with Crippen LogP contribution in [-0.2, 0) is 28.7 Å². The van der Waals surface area contributed by atoms with E-state index in [0.29, 0.717) is 18.5 Å². The van der Waals surface area contributed by atoms with Gasteiger partial charge in [0.15, 0.2) is 0 Å². The first kappa shape index (κ1) is 20.1. The van der Waals surface area contributed by atoms with Crippen LogP contribution in [0.1, 0.15) is 51.3 Å². The van der Waals surface area contributed by atoms with E-state index in [2.05, 4.69) is 30.7 Å². The average Bonchev–Trinajstić information content (AvgIpc) is 3.00. The van der Waals surface area contributed by atoms with Crippen LogP contribution in [0.5, 0.6) is 0 Å². The first-order chi connectivity index (χ1) is 12.9. The first-order valence-corrected chi connectivity index (χ1v) is 11.6. The minimum absolute atomic E-state index is 0.0114. The van der Waals surface area contributed by atoms with Gasteiger partial charge in [-0.2, -0.15) is 0 Å². The number of piperidine rings is 1. The van der Waals surface area contributed by atoms with Crippen molar-refractivity contribution in [2.45, 2.75) is 70.1 Å². The highest BCUT2D eigenvalue weighted by molar-refractivity contribution is 7.90. The topological polar surface area (TPSA) is 55.2 Å². The number of rotatable bonds is 7. The lowest BCUT2D eigenvalue weighted by Gasteiger charge is -2.33. The maximum atomic E-state index is 13.1. The summed E-state index contributed by atoms with van der Waals surface area (Å²) in [6.07, 6.45) is 5.46. The van der Waals surface area contributed by atoms with Crippen LogP contribution in [0, 0.1) is 5.92 Å². The molecule has 0 bridgehead atoms. The molecule has 1 aliphatic heterocycles. The molecule has 27 heavy (non-hydrogen) atoms. The molecule has 1 fully saturated rings. The van der Waals surface area contributed by atoms with Crippen molar-refractivity contribution < 1.29 is 8.42 Å². The van der Waals surface area contributed by atoms with Crippen molar-refractivity contribution in [2.75, 3.05) is 6.54 Å². The summed E-state index contributed by atoms with van der Waals surface area (Å²) in [5.74, 6) is 0.338. The molecule has 0 unspecified atom stereocenters. The largest absolute Gasteiger partial charge is 0.317 e. The van der Waals surface area contributed by atoms with Crippen molar-refractivity contribution in [1.82, 2.24) is 14.5 Å². The SMILES string of the molecule is CC(C)Cn1c(CN2CCCC[C@@H]2C)cnc1S(=O)(=O)Cc1ccccc1. The third kappa shape index (κ3) is 4.99. The lowest BCUT2D eigenvalue weighted by molar-refractivity contribution is 0.148. The van der Waals surface area contributed by atoms with E-state index in [1.54, 1.807) is 6.20 Å². The van der Waals surface area contributed by atoms with E-state index < -0.39 is 9.84 Å². The summed E-state index contributed by atoms with van der Waals surface area (Å²) in [4.78, 5) is 6.83. The molecule has 0 spiro atoms. The summed E-state index contributed by atoms with van der Waals surface area (Å²) < 4.78 is 28.1. The van der Waals surface area contributed by atoms with Gasteiger partial charge in [0.05, 0.1) is 17.6 Å². The maximum Gasteiger partial charge on any atom is 0.228 e. The highest BCUT2D eigenvalue weighted by Gasteiger charge is 2.26. The molecule has 0 N–H and O–H groups in total. The van der Waals surface area contributed by atoms with Gasteiger partial charge in [0.1, 0.15) is 0 Å². The lowest BCUT2D eigenvalue weighted by Crippen LogP contribution is -2.37. The molecule has 1 aromatic heterocycles. The second-order valence-corrected chi connectivity index (χ2v) is 9.98. The smallest absolute Gasteiger partial charge is 0.228 e. The van der Waals surface area contributed by atoms with Crippen LogP contribution in [0.4, 0.5) is 0 Å². The zero-order valence-electron chi connectivity index (χ0n) is 16.6. The highest BCUT2D eigenvalue weighted by Crippen LogP contribution is 2.23. The quantitative estimate of drug-likeness (QED) is 0.721. The van der Waals surface area contributed by atoms with Crippen molar-refractivity contribution in [3.63, 3.8) is 0 Å². The van der Waals surface area contributed by atoms with Gasteiger partial charge >= 0.3 is 0 Å². The van der Waals surface area contributed by atoms with Gasteiger partial charge in [-0.05, 0) is 37.8 Å². The van der Waals surface area contributed by atoms with E-state index in [9.17, 15) is 8.42 Å². The van der Waals surface area contributed by atoms with E-state index in [4.69, 9.17) is 0 Å². The van der Waals surface area contributed by atoms with Crippen LogP contribution in [-0.4, -0.2) is 35.5 Å². The highest BCUT2D eigenvalue weighted by atomic mass is 32.2. The normalized spacial score (nSPS) is 18.9. The summed E-state index contributed by atoms with van der Waals surface area (Å²) >= 11 is 0. The number of sulfone groups is 1. The van der Waals surface area contributed by atoms with Gasteiger partial charge in [0.25, 0.3) is 0 Å². The summed E-state index contributed by atoms with van der Waals surface area (Å²) in [6.45, 7) is 8.99. The van der Waals surface area contributed by atoms with Gasteiger partial charge in [-0.1, -0.05) is 50.6 Å². The van der Waals surface area contributed by atoms with Gasteiger partial charge in [-0.15, -0.1) is 0 Å². The number of nitrogens with zero attached hydrogens (tertiary/aromatic N) is 3. The Hall–Kier alpha value is -1.66. The molecule has 0 aliphatic carbocycles. The van der Waals surface area contributed by atoms with Gasteiger partial charge in [0, 0.05) is 19.1 Å². The lowest BCUT2D eigenvalue weighted by atomic mass is 10.0. The fraction of sp³-hybridized carbons (Fsp3) is 0.571. The fourth-order valence-corrected chi connectivity index (χ4v) is 5.29. The zero-order chi connectivity index (χ0) is 19.4. The van der Waals surface area contributed by atoms with Crippen LogP contribution in [0.2, 0.25) is 0 Å². The number of hydrogen-bond donors (Lipinski definition) is 0. The Labute approximate surface area is 163 Å². The Kier molecular flexibility index (Phi) is 6.37. The van der Waals surface area contributed by atoms with E-state index in [1.807, 2.05) is 34.9 Å². The Balaban J connectivity index is 1.89. The third-order valence-corrected chi connectivity index (χ3v) is 6.83. The molecule has 3 rings (SSSR count).